The number of ether oxygens (including phenoxy) is 1. The fourth-order valence-corrected chi connectivity index (χ4v) is 5.16. The number of aliphatic carboxylic acids is 1. The van der Waals surface area contributed by atoms with Gasteiger partial charge in [-0.2, -0.15) is 12.7 Å². The van der Waals surface area contributed by atoms with E-state index in [2.05, 4.69) is 4.98 Å². The van der Waals surface area contributed by atoms with Gasteiger partial charge in [-0.05, 0) is 48.9 Å². The first kappa shape index (κ1) is 26.9. The molecule has 0 aliphatic rings. The Balaban J connectivity index is 1.38. The van der Waals surface area contributed by atoms with Crippen molar-refractivity contribution < 1.29 is 27.5 Å². The van der Waals surface area contributed by atoms with E-state index >= 15 is 0 Å². The molecule has 1 heterocycles. The standard InChI is InChI=1S/C28H29N3O6S/c1-21-26(29-28(37-21)23-9-5-3-6-10-23)17-18-36-25-15-13-22(14-16-25)19-31(20-27(32)33)38(34,35)30(2)24-11-7-4-8-12-24/h3-16H,17-20H2,1-2H3,(H,32,33). The summed E-state index contributed by atoms with van der Waals surface area (Å²) < 4.78 is 40.0. The minimum atomic E-state index is -4.09. The van der Waals surface area contributed by atoms with E-state index in [9.17, 15) is 18.3 Å². The number of carboxylic acid groups (broad SMARTS) is 1. The van der Waals surface area contributed by atoms with E-state index in [1.165, 1.54) is 7.05 Å². The van der Waals surface area contributed by atoms with Crippen LogP contribution >= 0.6 is 0 Å². The Labute approximate surface area is 222 Å². The van der Waals surface area contributed by atoms with Crippen LogP contribution < -0.4 is 9.04 Å². The number of benzene rings is 3. The number of hydrogen-bond donors (Lipinski definition) is 1. The topological polar surface area (TPSA) is 113 Å². The average Bonchev–Trinajstić information content (AvgIpc) is 3.29. The minimum Gasteiger partial charge on any atom is -0.493 e. The van der Waals surface area contributed by atoms with Gasteiger partial charge in [0.05, 0.1) is 18.0 Å². The second kappa shape index (κ2) is 11.9. The van der Waals surface area contributed by atoms with E-state index in [0.717, 1.165) is 25.6 Å². The summed E-state index contributed by atoms with van der Waals surface area (Å²) in [4.78, 5) is 16.0. The van der Waals surface area contributed by atoms with Crippen LogP contribution in [-0.4, -0.2) is 49.0 Å². The average molecular weight is 536 g/mol. The summed E-state index contributed by atoms with van der Waals surface area (Å²) >= 11 is 0. The maximum Gasteiger partial charge on any atom is 0.318 e. The molecule has 198 valence electrons. The first-order valence-corrected chi connectivity index (χ1v) is 13.4. The molecule has 1 N–H and O–H groups in total. The molecule has 4 rings (SSSR count). The first-order valence-electron chi connectivity index (χ1n) is 12.0. The molecule has 4 aromatic rings. The number of anilines is 1. The van der Waals surface area contributed by atoms with Crippen molar-refractivity contribution in [3.05, 3.63) is 102 Å². The van der Waals surface area contributed by atoms with Crippen LogP contribution in [0.3, 0.4) is 0 Å². The first-order chi connectivity index (χ1) is 18.2. The summed E-state index contributed by atoms with van der Waals surface area (Å²) in [5.74, 6) is 0.671. The Kier molecular flexibility index (Phi) is 8.45. The van der Waals surface area contributed by atoms with Crippen molar-refractivity contribution in [1.82, 2.24) is 9.29 Å². The summed E-state index contributed by atoms with van der Waals surface area (Å²) in [6, 6.07) is 25.1. The van der Waals surface area contributed by atoms with Crippen LogP contribution in [0.1, 0.15) is 17.0 Å². The Morgan fingerprint density at radius 2 is 1.61 bits per heavy atom. The van der Waals surface area contributed by atoms with Crippen molar-refractivity contribution in [1.29, 1.82) is 0 Å². The fraction of sp³-hybridized carbons (Fsp3) is 0.214. The highest BCUT2D eigenvalue weighted by molar-refractivity contribution is 7.90. The second-order valence-corrected chi connectivity index (χ2v) is 10.6. The van der Waals surface area contributed by atoms with Gasteiger partial charge in [0, 0.05) is 25.6 Å². The molecule has 9 nitrogen and oxygen atoms in total. The molecule has 0 fully saturated rings. The van der Waals surface area contributed by atoms with Gasteiger partial charge >= 0.3 is 16.2 Å². The molecular weight excluding hydrogens is 506 g/mol. The Hall–Kier alpha value is -4.15. The van der Waals surface area contributed by atoms with Gasteiger partial charge in [0.1, 0.15) is 18.1 Å². The predicted octanol–water partition coefficient (Wildman–Crippen LogP) is 4.54. The van der Waals surface area contributed by atoms with E-state index in [-0.39, 0.29) is 6.54 Å². The number of para-hydroxylation sites is 1. The van der Waals surface area contributed by atoms with Gasteiger partial charge in [0.15, 0.2) is 0 Å². The zero-order chi connectivity index (χ0) is 27.1. The summed E-state index contributed by atoms with van der Waals surface area (Å²) in [7, 11) is -2.69. The lowest BCUT2D eigenvalue weighted by Gasteiger charge is -2.27. The zero-order valence-electron chi connectivity index (χ0n) is 21.1. The third kappa shape index (κ3) is 6.58. The van der Waals surface area contributed by atoms with Crippen LogP contribution in [0.4, 0.5) is 5.69 Å². The third-order valence-corrected chi connectivity index (χ3v) is 7.72. The van der Waals surface area contributed by atoms with Gasteiger partial charge < -0.3 is 14.3 Å². The summed E-state index contributed by atoms with van der Waals surface area (Å²) in [5, 5.41) is 9.34. The monoisotopic (exact) mass is 535 g/mol. The molecular formula is C28H29N3O6S. The summed E-state index contributed by atoms with van der Waals surface area (Å²) in [6.07, 6.45) is 0.556. The molecule has 38 heavy (non-hydrogen) atoms. The molecule has 0 aliphatic heterocycles. The van der Waals surface area contributed by atoms with Crippen molar-refractivity contribution in [2.75, 3.05) is 24.5 Å². The Morgan fingerprint density at radius 3 is 2.24 bits per heavy atom. The lowest BCUT2D eigenvalue weighted by Crippen LogP contribution is -2.44. The highest BCUT2D eigenvalue weighted by Crippen LogP contribution is 2.23. The van der Waals surface area contributed by atoms with E-state index in [1.54, 1.807) is 54.6 Å². The molecule has 0 saturated carbocycles. The normalized spacial score (nSPS) is 11.4. The zero-order valence-corrected chi connectivity index (χ0v) is 22.0. The molecule has 1 aromatic heterocycles. The summed E-state index contributed by atoms with van der Waals surface area (Å²) in [6.45, 7) is 1.48. The van der Waals surface area contributed by atoms with Crippen LogP contribution in [0.25, 0.3) is 11.5 Å². The number of aryl methyl sites for hydroxylation is 1. The number of oxazole rings is 1. The smallest absolute Gasteiger partial charge is 0.318 e. The molecule has 0 atom stereocenters. The quantitative estimate of drug-likeness (QED) is 0.283. The van der Waals surface area contributed by atoms with E-state index in [1.807, 2.05) is 37.3 Å². The molecule has 0 spiro atoms. The maximum absolute atomic E-state index is 13.2. The van der Waals surface area contributed by atoms with Gasteiger partial charge in [0.2, 0.25) is 5.89 Å². The molecule has 0 radical (unpaired) electrons. The van der Waals surface area contributed by atoms with Gasteiger partial charge in [-0.1, -0.05) is 48.5 Å². The van der Waals surface area contributed by atoms with Gasteiger partial charge in [0.25, 0.3) is 0 Å². The second-order valence-electron chi connectivity index (χ2n) is 8.60. The van der Waals surface area contributed by atoms with Crippen molar-refractivity contribution in [2.45, 2.75) is 19.9 Å². The number of hydrogen-bond acceptors (Lipinski definition) is 6. The van der Waals surface area contributed by atoms with Gasteiger partial charge in [-0.25, -0.2) is 4.98 Å². The Bertz CT molecular complexity index is 1460. The van der Waals surface area contributed by atoms with Gasteiger partial charge in [-0.3, -0.25) is 9.10 Å². The van der Waals surface area contributed by atoms with Crippen molar-refractivity contribution in [3.63, 3.8) is 0 Å². The maximum atomic E-state index is 13.2. The van der Waals surface area contributed by atoms with Crippen LogP contribution in [0.2, 0.25) is 0 Å². The number of rotatable bonds is 12. The highest BCUT2D eigenvalue weighted by Gasteiger charge is 2.29. The minimum absolute atomic E-state index is 0.105. The lowest BCUT2D eigenvalue weighted by atomic mass is 10.2. The number of aromatic nitrogens is 1. The predicted molar refractivity (Wildman–Crippen MR) is 144 cm³/mol. The largest absolute Gasteiger partial charge is 0.493 e. The number of carboxylic acids is 1. The van der Waals surface area contributed by atoms with Crippen LogP contribution in [-0.2, 0) is 28.0 Å². The van der Waals surface area contributed by atoms with Crippen molar-refractivity contribution in [3.8, 4) is 17.2 Å². The molecule has 0 unspecified atom stereocenters. The van der Waals surface area contributed by atoms with Crippen LogP contribution in [0, 0.1) is 6.92 Å². The SMILES string of the molecule is Cc1oc(-c2ccccc2)nc1CCOc1ccc(CN(CC(=O)O)S(=O)(=O)N(C)c2ccccc2)cc1. The lowest BCUT2D eigenvalue weighted by molar-refractivity contribution is -0.137. The van der Waals surface area contributed by atoms with Gasteiger partial charge in [-0.15, -0.1) is 0 Å². The molecule has 3 aromatic carbocycles. The van der Waals surface area contributed by atoms with Crippen LogP contribution in [0.15, 0.2) is 89.3 Å². The molecule has 0 amide bonds. The molecule has 0 saturated heterocycles. The number of nitrogens with zero attached hydrogens (tertiary/aromatic N) is 3. The molecule has 0 aliphatic carbocycles. The highest BCUT2D eigenvalue weighted by atomic mass is 32.2. The molecule has 0 bridgehead atoms. The van der Waals surface area contributed by atoms with Crippen molar-refractivity contribution in [2.24, 2.45) is 0 Å². The fourth-order valence-electron chi connectivity index (χ4n) is 3.84. The van der Waals surface area contributed by atoms with E-state index < -0.39 is 22.7 Å². The Morgan fingerprint density at radius 1 is 0.974 bits per heavy atom. The molecule has 10 heteroatoms. The third-order valence-electron chi connectivity index (χ3n) is 5.91. The van der Waals surface area contributed by atoms with E-state index in [0.29, 0.717) is 35.9 Å². The van der Waals surface area contributed by atoms with Crippen molar-refractivity contribution >= 4 is 21.9 Å². The van der Waals surface area contributed by atoms with E-state index in [4.69, 9.17) is 9.15 Å². The van der Waals surface area contributed by atoms with Crippen LogP contribution in [0.5, 0.6) is 5.75 Å². The number of carbonyl (C=O) groups is 1. The summed E-state index contributed by atoms with van der Waals surface area (Å²) in [5.41, 5.74) is 2.79.